The van der Waals surface area contributed by atoms with Gasteiger partial charge >= 0.3 is 0 Å². The lowest BCUT2D eigenvalue weighted by Crippen LogP contribution is -2.20. The maximum atomic E-state index is 13.8. The molecule has 0 fully saturated rings. The normalized spacial score (nSPS) is 11.9. The van der Waals surface area contributed by atoms with E-state index in [9.17, 15) is 4.79 Å². The van der Waals surface area contributed by atoms with E-state index in [1.807, 2.05) is 42.5 Å². The van der Waals surface area contributed by atoms with Gasteiger partial charge in [0.2, 0.25) is 5.82 Å². The quantitative estimate of drug-likeness (QED) is 0.192. The molecule has 206 valence electrons. The zero-order chi connectivity index (χ0) is 28.9. The second-order valence-corrected chi connectivity index (χ2v) is 10.9. The summed E-state index contributed by atoms with van der Waals surface area (Å²) in [5, 5.41) is 10.1. The van der Waals surface area contributed by atoms with E-state index < -0.39 is 0 Å². The lowest BCUT2D eigenvalue weighted by molar-refractivity contribution is 0.616. The predicted molar refractivity (Wildman–Crippen MR) is 174 cm³/mol. The SMILES string of the molecule is O=c1c2ccccc2nc(-c2cc3cc(Cl)ccc3o2)n1N=Cc1cn(Cc2cccc3ccccc23)c2ccccc12. The van der Waals surface area contributed by atoms with Gasteiger partial charge in [-0.3, -0.25) is 4.79 Å². The van der Waals surface area contributed by atoms with Crippen molar-refractivity contribution in [3.63, 3.8) is 0 Å². The van der Waals surface area contributed by atoms with E-state index >= 15 is 0 Å². The minimum Gasteiger partial charge on any atom is -0.453 e. The van der Waals surface area contributed by atoms with Crippen LogP contribution in [0.25, 0.3) is 55.1 Å². The van der Waals surface area contributed by atoms with Crippen molar-refractivity contribution in [1.82, 2.24) is 14.2 Å². The predicted octanol–water partition coefficient (Wildman–Crippen LogP) is 8.50. The molecule has 0 aliphatic rings. The summed E-state index contributed by atoms with van der Waals surface area (Å²) < 4.78 is 9.67. The summed E-state index contributed by atoms with van der Waals surface area (Å²) in [6.45, 7) is 0.694. The molecule has 0 amide bonds. The summed E-state index contributed by atoms with van der Waals surface area (Å²) in [5.41, 5.74) is 4.13. The molecule has 3 aromatic heterocycles. The molecule has 8 aromatic rings. The first-order valence-corrected chi connectivity index (χ1v) is 14.3. The number of nitrogens with zero attached hydrogens (tertiary/aromatic N) is 4. The number of aromatic nitrogens is 3. The Morgan fingerprint density at radius 3 is 2.47 bits per heavy atom. The highest BCUT2D eigenvalue weighted by atomic mass is 35.5. The number of hydrogen-bond donors (Lipinski definition) is 0. The molecule has 7 heteroatoms. The third-order valence-electron chi connectivity index (χ3n) is 7.80. The molecule has 0 N–H and O–H groups in total. The fraction of sp³-hybridized carbons (Fsp3) is 0.0278. The van der Waals surface area contributed by atoms with Crippen LogP contribution in [-0.4, -0.2) is 20.4 Å². The van der Waals surface area contributed by atoms with Crippen LogP contribution in [-0.2, 0) is 6.54 Å². The Balaban J connectivity index is 1.27. The van der Waals surface area contributed by atoms with E-state index in [1.54, 1.807) is 24.4 Å². The highest BCUT2D eigenvalue weighted by molar-refractivity contribution is 6.31. The van der Waals surface area contributed by atoms with Crippen molar-refractivity contribution in [2.75, 3.05) is 0 Å². The summed E-state index contributed by atoms with van der Waals surface area (Å²) in [6.07, 6.45) is 3.81. The Labute approximate surface area is 250 Å². The molecule has 0 bridgehead atoms. The summed E-state index contributed by atoms with van der Waals surface area (Å²) in [7, 11) is 0. The molecule has 5 aromatic carbocycles. The van der Waals surface area contributed by atoms with Gasteiger partial charge in [0.1, 0.15) is 5.58 Å². The number of halogens is 1. The van der Waals surface area contributed by atoms with Gasteiger partial charge in [-0.15, -0.1) is 0 Å². The lowest BCUT2D eigenvalue weighted by atomic mass is 10.0. The van der Waals surface area contributed by atoms with E-state index in [0.29, 0.717) is 39.6 Å². The van der Waals surface area contributed by atoms with Crippen molar-refractivity contribution in [3.05, 3.63) is 148 Å². The molecular formula is C36H23ClN4O2. The average molecular weight is 579 g/mol. The minimum absolute atomic E-state index is 0.283. The van der Waals surface area contributed by atoms with Crippen LogP contribution in [0.2, 0.25) is 5.02 Å². The van der Waals surface area contributed by atoms with E-state index in [4.69, 9.17) is 26.1 Å². The molecule has 0 spiro atoms. The second-order valence-electron chi connectivity index (χ2n) is 10.5. The van der Waals surface area contributed by atoms with Gasteiger partial charge in [-0.25, -0.2) is 4.98 Å². The van der Waals surface area contributed by atoms with Gasteiger partial charge in [0.05, 0.1) is 17.1 Å². The fourth-order valence-corrected chi connectivity index (χ4v) is 5.94. The van der Waals surface area contributed by atoms with Crippen LogP contribution >= 0.6 is 11.6 Å². The number of benzene rings is 5. The van der Waals surface area contributed by atoms with Gasteiger partial charge in [0.25, 0.3) is 5.56 Å². The molecule has 0 saturated heterocycles. The number of fused-ring (bicyclic) bond motifs is 4. The Hall–Kier alpha value is -5.46. The molecule has 6 nitrogen and oxygen atoms in total. The zero-order valence-corrected chi connectivity index (χ0v) is 23.6. The minimum atomic E-state index is -0.283. The monoisotopic (exact) mass is 578 g/mol. The highest BCUT2D eigenvalue weighted by Crippen LogP contribution is 2.30. The van der Waals surface area contributed by atoms with Crippen LogP contribution in [0.4, 0.5) is 0 Å². The second kappa shape index (κ2) is 10.1. The summed E-state index contributed by atoms with van der Waals surface area (Å²) in [6, 6.07) is 37.5. The maximum Gasteiger partial charge on any atom is 0.282 e. The van der Waals surface area contributed by atoms with E-state index in [1.165, 1.54) is 21.0 Å². The Morgan fingerprint density at radius 2 is 1.56 bits per heavy atom. The standard InChI is InChI=1S/C36H23ClN4O2/c37-27-16-17-33-25(18-27)19-34(43-33)35-39-31-14-5-3-13-30(31)36(42)41(35)38-20-26-22-40(32-15-6-4-12-29(26)32)21-24-10-7-9-23-8-1-2-11-28(23)24/h1-20,22H,21H2. The van der Waals surface area contributed by atoms with E-state index in [-0.39, 0.29) is 5.56 Å². The molecule has 0 aliphatic heterocycles. The molecule has 8 rings (SSSR count). The maximum absolute atomic E-state index is 13.8. The third kappa shape index (κ3) is 4.40. The van der Waals surface area contributed by atoms with Crippen molar-refractivity contribution in [2.24, 2.45) is 5.10 Å². The molecule has 0 radical (unpaired) electrons. The first kappa shape index (κ1) is 25.3. The fourth-order valence-electron chi connectivity index (χ4n) is 5.76. The molecule has 0 unspecified atom stereocenters. The largest absolute Gasteiger partial charge is 0.453 e. The van der Waals surface area contributed by atoms with Crippen molar-refractivity contribution >= 4 is 61.4 Å². The van der Waals surface area contributed by atoms with E-state index in [0.717, 1.165) is 21.9 Å². The van der Waals surface area contributed by atoms with Crippen LogP contribution < -0.4 is 5.56 Å². The van der Waals surface area contributed by atoms with Crippen molar-refractivity contribution < 1.29 is 4.42 Å². The van der Waals surface area contributed by atoms with Crippen molar-refractivity contribution in [1.29, 1.82) is 0 Å². The van der Waals surface area contributed by atoms with Crippen LogP contribution in [0.15, 0.2) is 136 Å². The third-order valence-corrected chi connectivity index (χ3v) is 8.04. The first-order valence-electron chi connectivity index (χ1n) is 13.9. The molecular weight excluding hydrogens is 556 g/mol. The lowest BCUT2D eigenvalue weighted by Gasteiger charge is -2.09. The first-order chi connectivity index (χ1) is 21.1. The highest BCUT2D eigenvalue weighted by Gasteiger charge is 2.17. The Bertz CT molecular complexity index is 2430. The molecule has 0 aliphatic carbocycles. The number of rotatable bonds is 5. The molecule has 3 heterocycles. The smallest absolute Gasteiger partial charge is 0.282 e. The van der Waals surface area contributed by atoms with E-state index in [2.05, 4.69) is 65.4 Å². The molecule has 43 heavy (non-hydrogen) atoms. The average Bonchev–Trinajstić information content (AvgIpc) is 3.62. The van der Waals surface area contributed by atoms with Gasteiger partial charge in [-0.1, -0.05) is 84.4 Å². The van der Waals surface area contributed by atoms with Crippen molar-refractivity contribution in [3.8, 4) is 11.6 Å². The van der Waals surface area contributed by atoms with Gasteiger partial charge in [0.15, 0.2) is 5.76 Å². The molecule has 0 atom stereocenters. The summed E-state index contributed by atoms with van der Waals surface area (Å²) in [4.78, 5) is 18.6. The van der Waals surface area contributed by atoms with Gasteiger partial charge in [0, 0.05) is 39.6 Å². The van der Waals surface area contributed by atoms with Crippen molar-refractivity contribution in [2.45, 2.75) is 6.54 Å². The Kier molecular flexibility index (Phi) is 5.94. The number of furan rings is 1. The van der Waals surface area contributed by atoms with Gasteiger partial charge in [-0.05, 0) is 58.8 Å². The number of para-hydroxylation sites is 2. The summed E-state index contributed by atoms with van der Waals surface area (Å²) >= 11 is 6.22. The van der Waals surface area contributed by atoms with Crippen LogP contribution in [0.1, 0.15) is 11.1 Å². The topological polar surface area (TPSA) is 65.3 Å². The van der Waals surface area contributed by atoms with Gasteiger partial charge in [-0.2, -0.15) is 9.78 Å². The Morgan fingerprint density at radius 1 is 0.791 bits per heavy atom. The molecule has 0 saturated carbocycles. The summed E-state index contributed by atoms with van der Waals surface area (Å²) in [5.74, 6) is 0.738. The number of hydrogen-bond acceptors (Lipinski definition) is 4. The zero-order valence-electron chi connectivity index (χ0n) is 22.8. The van der Waals surface area contributed by atoms with Crippen LogP contribution in [0, 0.1) is 0 Å². The van der Waals surface area contributed by atoms with Crippen LogP contribution in [0.5, 0.6) is 0 Å². The van der Waals surface area contributed by atoms with Crippen LogP contribution in [0.3, 0.4) is 0 Å². The van der Waals surface area contributed by atoms with Gasteiger partial charge < -0.3 is 8.98 Å².